The molecule has 8 heteroatoms. The summed E-state index contributed by atoms with van der Waals surface area (Å²) in [5, 5.41) is 6.56. The molecular weight excluding hydrogens is 368 g/mol. The van der Waals surface area contributed by atoms with Gasteiger partial charge in [-0.25, -0.2) is 4.99 Å². The fourth-order valence-electron chi connectivity index (χ4n) is 3.60. The molecule has 0 unspecified atom stereocenters. The number of benzene rings is 1. The van der Waals surface area contributed by atoms with Crippen LogP contribution in [-0.2, 0) is 9.53 Å². The van der Waals surface area contributed by atoms with Crippen LogP contribution in [0.4, 0.5) is 5.69 Å². The molecule has 1 aromatic rings. The number of piperazine rings is 1. The molecule has 0 aliphatic carbocycles. The molecule has 29 heavy (non-hydrogen) atoms. The minimum Gasteiger partial charge on any atom is -0.379 e. The van der Waals surface area contributed by atoms with Crippen LogP contribution in [0.25, 0.3) is 0 Å². The van der Waals surface area contributed by atoms with E-state index in [0.29, 0.717) is 5.96 Å². The van der Waals surface area contributed by atoms with E-state index in [4.69, 9.17) is 4.74 Å². The Labute approximate surface area is 173 Å². The first kappa shape index (κ1) is 21.4. The lowest BCUT2D eigenvalue weighted by molar-refractivity contribution is -0.129. The molecule has 2 saturated heterocycles. The Morgan fingerprint density at radius 1 is 1.03 bits per heavy atom. The lowest BCUT2D eigenvalue weighted by Crippen LogP contribution is -2.50. The van der Waals surface area contributed by atoms with Crippen LogP contribution in [0.3, 0.4) is 0 Å². The van der Waals surface area contributed by atoms with Gasteiger partial charge in [-0.1, -0.05) is 18.2 Å². The molecule has 1 aromatic carbocycles. The highest BCUT2D eigenvalue weighted by molar-refractivity contribution is 5.85. The maximum atomic E-state index is 12.6. The fourth-order valence-corrected chi connectivity index (χ4v) is 3.60. The average Bonchev–Trinajstić information content (AvgIpc) is 2.78. The number of carbonyl (C=O) groups is 1. The monoisotopic (exact) mass is 402 g/mol. The minimum atomic E-state index is 0.0862. The van der Waals surface area contributed by atoms with Gasteiger partial charge in [0.1, 0.15) is 6.54 Å². The highest BCUT2D eigenvalue weighted by Crippen LogP contribution is 2.15. The van der Waals surface area contributed by atoms with Crippen LogP contribution >= 0.6 is 0 Å². The Bertz CT molecular complexity index is 640. The van der Waals surface area contributed by atoms with Gasteiger partial charge in [-0.15, -0.1) is 0 Å². The second-order valence-electron chi connectivity index (χ2n) is 7.28. The van der Waals surface area contributed by atoms with Gasteiger partial charge in [-0.3, -0.25) is 9.69 Å². The third kappa shape index (κ3) is 6.90. The van der Waals surface area contributed by atoms with Gasteiger partial charge in [-0.05, 0) is 19.1 Å². The van der Waals surface area contributed by atoms with E-state index in [-0.39, 0.29) is 12.5 Å². The summed E-state index contributed by atoms with van der Waals surface area (Å²) in [6.07, 6.45) is 0. The second kappa shape index (κ2) is 11.6. The van der Waals surface area contributed by atoms with Gasteiger partial charge < -0.3 is 25.2 Å². The number of morpholine rings is 1. The van der Waals surface area contributed by atoms with E-state index in [1.807, 2.05) is 17.9 Å². The molecule has 3 rings (SSSR count). The summed E-state index contributed by atoms with van der Waals surface area (Å²) in [5.74, 6) is 0.792. The normalized spacial score (nSPS) is 18.6. The SMILES string of the molecule is CCNC(=NCC(=O)N1CCN(c2ccccc2)CC1)NCCN1CCOCC1. The molecule has 2 aliphatic rings. The molecule has 0 bridgehead atoms. The molecule has 2 fully saturated rings. The molecule has 160 valence electrons. The molecule has 0 spiro atoms. The summed E-state index contributed by atoms with van der Waals surface area (Å²) < 4.78 is 5.38. The lowest BCUT2D eigenvalue weighted by Gasteiger charge is -2.36. The van der Waals surface area contributed by atoms with Crippen LogP contribution in [-0.4, -0.2) is 100 Å². The van der Waals surface area contributed by atoms with Crippen molar-refractivity contribution in [2.24, 2.45) is 4.99 Å². The van der Waals surface area contributed by atoms with E-state index in [0.717, 1.165) is 72.1 Å². The van der Waals surface area contributed by atoms with Crippen LogP contribution in [0.2, 0.25) is 0 Å². The van der Waals surface area contributed by atoms with Gasteiger partial charge in [0.05, 0.1) is 13.2 Å². The van der Waals surface area contributed by atoms with Gasteiger partial charge in [0.2, 0.25) is 5.91 Å². The predicted octanol–water partition coefficient (Wildman–Crippen LogP) is 0.223. The van der Waals surface area contributed by atoms with Crippen LogP contribution in [0.1, 0.15) is 6.92 Å². The largest absolute Gasteiger partial charge is 0.379 e. The summed E-state index contributed by atoms with van der Waals surface area (Å²) in [7, 11) is 0. The number of aliphatic imine (C=N–C) groups is 1. The number of amides is 1. The van der Waals surface area contributed by atoms with Gasteiger partial charge in [0, 0.05) is 64.6 Å². The number of rotatable bonds is 7. The Kier molecular flexibility index (Phi) is 8.58. The van der Waals surface area contributed by atoms with Crippen LogP contribution in [0, 0.1) is 0 Å². The topological polar surface area (TPSA) is 72.4 Å². The van der Waals surface area contributed by atoms with Crippen molar-refractivity contribution in [3.8, 4) is 0 Å². The molecule has 2 heterocycles. The van der Waals surface area contributed by atoms with Crippen molar-refractivity contribution in [2.75, 3.05) is 83.6 Å². The molecule has 1 amide bonds. The third-order valence-corrected chi connectivity index (χ3v) is 5.29. The van der Waals surface area contributed by atoms with Crippen molar-refractivity contribution >= 4 is 17.6 Å². The molecule has 2 N–H and O–H groups in total. The highest BCUT2D eigenvalue weighted by atomic mass is 16.5. The smallest absolute Gasteiger partial charge is 0.244 e. The third-order valence-electron chi connectivity index (χ3n) is 5.29. The summed E-state index contributed by atoms with van der Waals surface area (Å²) >= 11 is 0. The first-order valence-electron chi connectivity index (χ1n) is 10.7. The number of carbonyl (C=O) groups excluding carboxylic acids is 1. The standard InChI is InChI=1S/C21H34N6O2/c1-2-22-21(23-8-9-25-14-16-29-17-15-25)24-18-20(28)27-12-10-26(11-13-27)19-6-4-3-5-7-19/h3-7H,2,8-18H2,1H3,(H2,22,23,24). The summed E-state index contributed by atoms with van der Waals surface area (Å²) in [6, 6.07) is 10.4. The molecule has 0 aromatic heterocycles. The Morgan fingerprint density at radius 2 is 1.76 bits per heavy atom. The van der Waals surface area contributed by atoms with E-state index in [1.54, 1.807) is 0 Å². The quantitative estimate of drug-likeness (QED) is 0.502. The minimum absolute atomic E-state index is 0.0862. The van der Waals surface area contributed by atoms with Gasteiger partial charge in [0.15, 0.2) is 5.96 Å². The first-order valence-corrected chi connectivity index (χ1v) is 10.7. The Hall–Kier alpha value is -2.32. The number of para-hydroxylation sites is 1. The zero-order chi connectivity index (χ0) is 20.3. The predicted molar refractivity (Wildman–Crippen MR) is 116 cm³/mol. The lowest BCUT2D eigenvalue weighted by atomic mass is 10.2. The number of guanidine groups is 1. The summed E-state index contributed by atoms with van der Waals surface area (Å²) in [5.41, 5.74) is 1.22. The zero-order valence-corrected chi connectivity index (χ0v) is 17.5. The van der Waals surface area contributed by atoms with Crippen molar-refractivity contribution in [3.05, 3.63) is 30.3 Å². The molecule has 0 radical (unpaired) electrons. The Morgan fingerprint density at radius 3 is 2.45 bits per heavy atom. The van der Waals surface area contributed by atoms with Crippen LogP contribution in [0.15, 0.2) is 35.3 Å². The van der Waals surface area contributed by atoms with E-state index in [2.05, 4.69) is 49.7 Å². The van der Waals surface area contributed by atoms with Gasteiger partial charge >= 0.3 is 0 Å². The number of hydrogen-bond donors (Lipinski definition) is 2. The van der Waals surface area contributed by atoms with Crippen molar-refractivity contribution < 1.29 is 9.53 Å². The summed E-state index contributed by atoms with van der Waals surface area (Å²) in [6.45, 7) is 11.5. The number of ether oxygens (including phenoxy) is 1. The number of nitrogens with one attached hydrogen (secondary N) is 2. The van der Waals surface area contributed by atoms with Gasteiger partial charge in [-0.2, -0.15) is 0 Å². The zero-order valence-electron chi connectivity index (χ0n) is 17.5. The Balaban J connectivity index is 1.41. The fraction of sp³-hybridized carbons (Fsp3) is 0.619. The number of hydrogen-bond acceptors (Lipinski definition) is 5. The molecule has 0 saturated carbocycles. The van der Waals surface area contributed by atoms with Gasteiger partial charge in [0.25, 0.3) is 0 Å². The van der Waals surface area contributed by atoms with Crippen molar-refractivity contribution in [3.63, 3.8) is 0 Å². The molecular formula is C21H34N6O2. The number of anilines is 1. The number of nitrogens with zero attached hydrogens (tertiary/aromatic N) is 4. The van der Waals surface area contributed by atoms with Crippen molar-refractivity contribution in [1.29, 1.82) is 0 Å². The van der Waals surface area contributed by atoms with E-state index >= 15 is 0 Å². The van der Waals surface area contributed by atoms with Crippen molar-refractivity contribution in [1.82, 2.24) is 20.4 Å². The maximum Gasteiger partial charge on any atom is 0.244 e. The van der Waals surface area contributed by atoms with E-state index in [1.165, 1.54) is 5.69 Å². The van der Waals surface area contributed by atoms with Crippen LogP contribution < -0.4 is 15.5 Å². The summed E-state index contributed by atoms with van der Waals surface area (Å²) in [4.78, 5) is 23.7. The first-order chi connectivity index (χ1) is 14.3. The molecule has 0 atom stereocenters. The van der Waals surface area contributed by atoms with E-state index < -0.39 is 0 Å². The molecule has 8 nitrogen and oxygen atoms in total. The second-order valence-corrected chi connectivity index (χ2v) is 7.28. The highest BCUT2D eigenvalue weighted by Gasteiger charge is 2.21. The molecule has 2 aliphatic heterocycles. The van der Waals surface area contributed by atoms with Crippen LogP contribution in [0.5, 0.6) is 0 Å². The van der Waals surface area contributed by atoms with Crippen molar-refractivity contribution in [2.45, 2.75) is 6.92 Å². The van der Waals surface area contributed by atoms with E-state index in [9.17, 15) is 4.79 Å². The maximum absolute atomic E-state index is 12.6. The average molecular weight is 403 g/mol.